The average Bonchev–Trinajstić information content (AvgIpc) is 3.35. The lowest BCUT2D eigenvalue weighted by Gasteiger charge is -2.27. The van der Waals surface area contributed by atoms with Crippen LogP contribution in [-0.4, -0.2) is 42.1 Å². The molecule has 1 amide bonds. The third-order valence-electron chi connectivity index (χ3n) is 5.22. The highest BCUT2D eigenvalue weighted by Gasteiger charge is 2.27. The highest BCUT2D eigenvalue weighted by molar-refractivity contribution is 6.30. The van der Waals surface area contributed by atoms with Gasteiger partial charge >= 0.3 is 0 Å². The summed E-state index contributed by atoms with van der Waals surface area (Å²) in [5, 5.41) is 12.5. The number of H-pyrrole nitrogens is 1. The van der Waals surface area contributed by atoms with Crippen LogP contribution >= 0.6 is 11.6 Å². The maximum Gasteiger partial charge on any atom is 0.257 e. The molecule has 1 aliphatic rings. The van der Waals surface area contributed by atoms with E-state index in [0.29, 0.717) is 23.7 Å². The number of rotatable bonds is 2. The fourth-order valence-electron chi connectivity index (χ4n) is 3.69. The lowest BCUT2D eigenvalue weighted by Crippen LogP contribution is -2.36. The van der Waals surface area contributed by atoms with Gasteiger partial charge in [-0.15, -0.1) is 0 Å². The summed E-state index contributed by atoms with van der Waals surface area (Å²) < 4.78 is 1.69. The molecule has 0 radical (unpaired) electrons. The van der Waals surface area contributed by atoms with Gasteiger partial charge in [-0.25, -0.2) is 9.50 Å². The fraction of sp³-hybridized carbons (Fsp3) is 0.200. The average molecular weight is 393 g/mol. The molecule has 0 unspecified atom stereocenters. The molecule has 3 aromatic heterocycles. The van der Waals surface area contributed by atoms with E-state index in [2.05, 4.69) is 20.3 Å². The predicted molar refractivity (Wildman–Crippen MR) is 105 cm³/mol. The molecule has 5 rings (SSSR count). The zero-order valence-corrected chi connectivity index (χ0v) is 15.9. The SMILES string of the molecule is Cc1c(C(=O)N2CCc3[nH]nc(-c4ccc(Cl)cc4)c3C2)cnc2ccnn12. The third kappa shape index (κ3) is 2.66. The van der Waals surface area contributed by atoms with Crippen molar-refractivity contribution in [2.24, 2.45) is 0 Å². The number of fused-ring (bicyclic) bond motifs is 2. The smallest absolute Gasteiger partial charge is 0.257 e. The van der Waals surface area contributed by atoms with E-state index in [1.807, 2.05) is 42.2 Å². The molecule has 7 nitrogen and oxygen atoms in total. The molecule has 4 heterocycles. The molecular formula is C20H17ClN6O. The number of aromatic amines is 1. The van der Waals surface area contributed by atoms with Gasteiger partial charge in [0.1, 0.15) is 0 Å². The first kappa shape index (κ1) is 16.9. The molecule has 0 spiro atoms. The number of halogens is 1. The monoisotopic (exact) mass is 392 g/mol. The topological polar surface area (TPSA) is 79.2 Å². The van der Waals surface area contributed by atoms with Crippen LogP contribution in [0.2, 0.25) is 5.02 Å². The Bertz CT molecular complexity index is 1190. The summed E-state index contributed by atoms with van der Waals surface area (Å²) in [6.45, 7) is 3.02. The van der Waals surface area contributed by atoms with Gasteiger partial charge in [0.2, 0.25) is 0 Å². The van der Waals surface area contributed by atoms with Gasteiger partial charge in [-0.05, 0) is 19.1 Å². The van der Waals surface area contributed by atoms with Crippen molar-refractivity contribution >= 4 is 23.2 Å². The number of aryl methyl sites for hydroxylation is 1. The molecule has 140 valence electrons. The summed E-state index contributed by atoms with van der Waals surface area (Å²) in [7, 11) is 0. The van der Waals surface area contributed by atoms with E-state index in [9.17, 15) is 4.79 Å². The second kappa shape index (κ2) is 6.45. The van der Waals surface area contributed by atoms with Gasteiger partial charge in [-0.2, -0.15) is 10.2 Å². The van der Waals surface area contributed by atoms with Crippen LogP contribution in [0, 0.1) is 6.92 Å². The Labute approximate surface area is 166 Å². The van der Waals surface area contributed by atoms with Crippen molar-refractivity contribution in [1.82, 2.24) is 29.7 Å². The summed E-state index contributed by atoms with van der Waals surface area (Å²) in [6.07, 6.45) is 4.05. The summed E-state index contributed by atoms with van der Waals surface area (Å²) in [5.41, 5.74) is 6.05. The van der Waals surface area contributed by atoms with Crippen LogP contribution in [0.5, 0.6) is 0 Å². The van der Waals surface area contributed by atoms with E-state index >= 15 is 0 Å². The molecule has 1 aromatic carbocycles. The number of nitrogens with zero attached hydrogens (tertiary/aromatic N) is 5. The van der Waals surface area contributed by atoms with Crippen LogP contribution in [0.3, 0.4) is 0 Å². The zero-order chi connectivity index (χ0) is 19.3. The van der Waals surface area contributed by atoms with Gasteiger partial charge in [0.05, 0.1) is 23.1 Å². The van der Waals surface area contributed by atoms with E-state index in [-0.39, 0.29) is 5.91 Å². The normalized spacial score (nSPS) is 13.7. The Morgan fingerprint density at radius 1 is 1.21 bits per heavy atom. The Morgan fingerprint density at radius 3 is 2.86 bits per heavy atom. The minimum Gasteiger partial charge on any atom is -0.334 e. The van der Waals surface area contributed by atoms with Crippen LogP contribution in [0.4, 0.5) is 0 Å². The first-order chi connectivity index (χ1) is 13.6. The second-order valence-electron chi connectivity index (χ2n) is 6.87. The van der Waals surface area contributed by atoms with Crippen molar-refractivity contribution < 1.29 is 4.79 Å². The fourth-order valence-corrected chi connectivity index (χ4v) is 3.81. The Morgan fingerprint density at radius 2 is 2.04 bits per heavy atom. The van der Waals surface area contributed by atoms with Crippen LogP contribution in [-0.2, 0) is 13.0 Å². The van der Waals surface area contributed by atoms with Crippen LogP contribution in [0.1, 0.15) is 27.3 Å². The van der Waals surface area contributed by atoms with Gasteiger partial charge in [-0.1, -0.05) is 23.7 Å². The highest BCUT2D eigenvalue weighted by Crippen LogP contribution is 2.30. The van der Waals surface area contributed by atoms with Crippen LogP contribution in [0.25, 0.3) is 16.9 Å². The number of carbonyl (C=O) groups excluding carboxylic acids is 1. The van der Waals surface area contributed by atoms with Gasteiger partial charge in [-0.3, -0.25) is 9.89 Å². The molecule has 1 N–H and O–H groups in total. The second-order valence-corrected chi connectivity index (χ2v) is 7.31. The van der Waals surface area contributed by atoms with Gasteiger partial charge in [0.25, 0.3) is 5.91 Å². The van der Waals surface area contributed by atoms with Crippen LogP contribution < -0.4 is 0 Å². The lowest BCUT2D eigenvalue weighted by atomic mass is 10.0. The van der Waals surface area contributed by atoms with E-state index in [1.165, 1.54) is 0 Å². The molecule has 1 aliphatic heterocycles. The Balaban J connectivity index is 1.48. The van der Waals surface area contributed by atoms with Crippen molar-refractivity contribution in [1.29, 1.82) is 0 Å². The lowest BCUT2D eigenvalue weighted by molar-refractivity contribution is 0.0732. The molecule has 0 aliphatic carbocycles. The van der Waals surface area contributed by atoms with Crippen molar-refractivity contribution in [3.8, 4) is 11.3 Å². The summed E-state index contributed by atoms with van der Waals surface area (Å²) >= 11 is 6.00. The molecule has 0 saturated heterocycles. The first-order valence-corrected chi connectivity index (χ1v) is 9.40. The van der Waals surface area contributed by atoms with Gasteiger partial charge in [0, 0.05) is 53.6 Å². The Kier molecular flexibility index (Phi) is 3.91. The largest absolute Gasteiger partial charge is 0.334 e. The predicted octanol–water partition coefficient (Wildman–Crippen LogP) is 3.28. The van der Waals surface area contributed by atoms with Crippen molar-refractivity contribution in [3.05, 3.63) is 70.3 Å². The maximum atomic E-state index is 13.2. The number of hydrogen-bond donors (Lipinski definition) is 1. The zero-order valence-electron chi connectivity index (χ0n) is 15.2. The number of benzene rings is 1. The first-order valence-electron chi connectivity index (χ1n) is 9.02. The highest BCUT2D eigenvalue weighted by atomic mass is 35.5. The van der Waals surface area contributed by atoms with Gasteiger partial charge in [0.15, 0.2) is 5.65 Å². The summed E-state index contributed by atoms with van der Waals surface area (Å²) in [5.74, 6) is -0.0451. The number of nitrogens with one attached hydrogen (secondary N) is 1. The molecule has 0 atom stereocenters. The van der Waals surface area contributed by atoms with Crippen LogP contribution in [0.15, 0.2) is 42.7 Å². The van der Waals surface area contributed by atoms with Crippen molar-refractivity contribution in [2.45, 2.75) is 19.9 Å². The Hall–Kier alpha value is -3.19. The number of aromatic nitrogens is 5. The van der Waals surface area contributed by atoms with Gasteiger partial charge < -0.3 is 4.90 Å². The van der Waals surface area contributed by atoms with E-state index < -0.39 is 0 Å². The molecule has 0 fully saturated rings. The molecule has 0 bridgehead atoms. The van der Waals surface area contributed by atoms with E-state index in [1.54, 1.807) is 16.9 Å². The van der Waals surface area contributed by atoms with Crippen molar-refractivity contribution in [2.75, 3.05) is 6.54 Å². The maximum absolute atomic E-state index is 13.2. The molecular weight excluding hydrogens is 376 g/mol. The van der Waals surface area contributed by atoms with E-state index in [4.69, 9.17) is 11.6 Å². The minimum absolute atomic E-state index is 0.0451. The molecule has 0 saturated carbocycles. The van der Waals surface area contributed by atoms with E-state index in [0.717, 1.165) is 40.3 Å². The molecule has 8 heteroatoms. The summed E-state index contributed by atoms with van der Waals surface area (Å²) in [6, 6.07) is 9.40. The molecule has 4 aromatic rings. The van der Waals surface area contributed by atoms with Crippen molar-refractivity contribution in [3.63, 3.8) is 0 Å². The number of amides is 1. The number of hydrogen-bond acceptors (Lipinski definition) is 4. The standard InChI is InChI=1S/C20H17ClN6O/c1-12-15(10-22-18-6-8-23-27(12)18)20(28)26-9-7-17-16(11-26)19(25-24-17)13-2-4-14(21)5-3-13/h2-6,8,10H,7,9,11H2,1H3,(H,24,25). The minimum atomic E-state index is -0.0451. The quantitative estimate of drug-likeness (QED) is 0.567. The third-order valence-corrected chi connectivity index (χ3v) is 5.48. The molecule has 28 heavy (non-hydrogen) atoms. The number of carbonyl (C=O) groups is 1. The summed E-state index contributed by atoms with van der Waals surface area (Å²) in [4.78, 5) is 19.4.